The number of para-hydroxylation sites is 2. The van der Waals surface area contributed by atoms with Crippen LogP contribution in [0.3, 0.4) is 0 Å². The molecule has 9 rings (SSSR count). The fourth-order valence-electron chi connectivity index (χ4n) is 10.6. The summed E-state index contributed by atoms with van der Waals surface area (Å²) in [5, 5.41) is 18.1. The van der Waals surface area contributed by atoms with Crippen LogP contribution < -0.4 is 33.2 Å². The summed E-state index contributed by atoms with van der Waals surface area (Å²) in [6, 6.07) is 43.4. The Bertz CT molecular complexity index is 2990. The lowest BCUT2D eigenvalue weighted by Crippen LogP contribution is -2.30. The van der Waals surface area contributed by atoms with Gasteiger partial charge in [0, 0.05) is 4.28 Å². The fraction of sp³-hybridized carbons (Fsp3) is 0.417. The third kappa shape index (κ3) is 21.4. The van der Waals surface area contributed by atoms with Gasteiger partial charge in [-0.1, -0.05) is 99.5 Å². The van der Waals surface area contributed by atoms with Gasteiger partial charge in [0.05, 0.1) is 55.3 Å². The van der Waals surface area contributed by atoms with Crippen molar-refractivity contribution in [2.45, 2.75) is 150 Å². The normalized spacial score (nSPS) is 18.8. The molecule has 0 saturated heterocycles. The summed E-state index contributed by atoms with van der Waals surface area (Å²) in [6.45, 7) is 8.70. The highest BCUT2D eigenvalue weighted by Gasteiger charge is 2.35. The van der Waals surface area contributed by atoms with Gasteiger partial charge in [0.15, 0.2) is 0 Å². The Hall–Kier alpha value is -8.14. The lowest BCUT2D eigenvalue weighted by molar-refractivity contribution is -0.145. The van der Waals surface area contributed by atoms with Crippen LogP contribution in [0.1, 0.15) is 149 Å². The van der Waals surface area contributed by atoms with Crippen molar-refractivity contribution in [2.24, 2.45) is 35.5 Å². The molecule has 3 saturated carbocycles. The zero-order valence-electron chi connectivity index (χ0n) is 50.7. The maximum Gasteiger partial charge on any atom is 0.314 e. The van der Waals surface area contributed by atoms with Gasteiger partial charge < -0.3 is 43.4 Å². The third-order valence-electron chi connectivity index (χ3n) is 16.2. The van der Waals surface area contributed by atoms with E-state index in [1.54, 1.807) is 72.8 Å². The van der Waals surface area contributed by atoms with Crippen LogP contribution in [0.15, 0.2) is 146 Å². The standard InChI is InChI=1S/C28H36O5.C22H24O6.C22H24O4.3H2/c1-3-5-7-21-8-14-25(15-9-21)32-27(29)22-10-12-23(13-11-22)28(30)33-26-18-16-24(17-19-26)31-20-6-4-2;23-13-15-1-9-19(10-2-15)27-21(25)17-5-7-18(8-6-17)22(26)28-20-11-3-16(14-24)4-12-20;1-15-7-3-5-9-19(15)25-21(23)17-11-13-18(14-12-17)22(24)26-20-10-6-4-8-16(20)2;;;/h8-9,14-19,22-23H,3-7,10-13,20H2,1-2H3;1-4,9-12,17-18,23-24H,5-8,13-14H2;3-10,17-18H,11-14H2,1-2H3;3*1H. The highest BCUT2D eigenvalue weighted by atomic mass is 16.6. The molecule has 15 heteroatoms. The number of hydrogen-bond donors (Lipinski definition) is 2. The van der Waals surface area contributed by atoms with Crippen molar-refractivity contribution in [3.05, 3.63) is 173 Å². The first kappa shape index (κ1) is 66.4. The molecule has 468 valence electrons. The third-order valence-corrected chi connectivity index (χ3v) is 16.2. The van der Waals surface area contributed by atoms with E-state index in [9.17, 15) is 28.8 Å². The average Bonchev–Trinajstić information content (AvgIpc) is 2.36. The van der Waals surface area contributed by atoms with Crippen molar-refractivity contribution >= 4 is 35.8 Å². The van der Waals surface area contributed by atoms with Crippen molar-refractivity contribution in [3.8, 4) is 40.2 Å². The molecule has 6 aromatic carbocycles. The van der Waals surface area contributed by atoms with Gasteiger partial charge in [-0.2, -0.15) is 0 Å². The number of rotatable bonds is 21. The fourth-order valence-corrected chi connectivity index (χ4v) is 10.6. The van der Waals surface area contributed by atoms with Gasteiger partial charge in [0.2, 0.25) is 0 Å². The van der Waals surface area contributed by atoms with Gasteiger partial charge in [-0.15, -0.1) is 0 Å². The number of benzene rings is 6. The molecule has 3 aliphatic carbocycles. The van der Waals surface area contributed by atoms with E-state index >= 15 is 0 Å². The van der Waals surface area contributed by atoms with E-state index in [-0.39, 0.29) is 88.8 Å². The van der Waals surface area contributed by atoms with Gasteiger partial charge in [-0.25, -0.2) is 0 Å². The predicted octanol–water partition coefficient (Wildman–Crippen LogP) is 14.9. The number of carbonyl (C=O) groups is 6. The minimum atomic E-state index is -0.289. The number of carbonyl (C=O) groups excluding carboxylic acids is 6. The van der Waals surface area contributed by atoms with E-state index in [1.807, 2.05) is 86.6 Å². The van der Waals surface area contributed by atoms with Gasteiger partial charge in [0.1, 0.15) is 40.2 Å². The van der Waals surface area contributed by atoms with Crippen molar-refractivity contribution < 1.29 is 76.4 Å². The summed E-state index contributed by atoms with van der Waals surface area (Å²) in [6.07, 6.45) is 12.9. The molecule has 0 bridgehead atoms. The maximum absolute atomic E-state index is 12.6. The summed E-state index contributed by atoms with van der Waals surface area (Å²) in [4.78, 5) is 74.6. The van der Waals surface area contributed by atoms with Gasteiger partial charge in [-0.05, 0) is 211 Å². The lowest BCUT2D eigenvalue weighted by atomic mass is 9.82. The van der Waals surface area contributed by atoms with Gasteiger partial charge in [-0.3, -0.25) is 28.8 Å². The highest BCUT2D eigenvalue weighted by molar-refractivity contribution is 5.80. The SMILES string of the molecule is CCCCOc1ccc(OC(=O)C2CCC(C(=O)Oc3ccc(CCCC)cc3)CC2)cc1.Cc1ccccc1OC(=O)C1CCC(C(=O)Oc2ccccc2C)CC1.O=C(Oc1ccc(CO)cc1)C1CCC(C(=O)Oc2ccc(CO)cc2)CC1.[HH].[HH].[HH]. The number of ether oxygens (including phenoxy) is 7. The number of aryl methyl sites for hydroxylation is 3. The smallest absolute Gasteiger partial charge is 0.314 e. The van der Waals surface area contributed by atoms with Crippen LogP contribution in [0.25, 0.3) is 0 Å². The number of unbranched alkanes of at least 4 members (excludes halogenated alkanes) is 2. The monoisotopic (exact) mass is 1190 g/mol. The van der Waals surface area contributed by atoms with Crippen molar-refractivity contribution in [3.63, 3.8) is 0 Å². The Labute approximate surface area is 516 Å². The van der Waals surface area contributed by atoms with E-state index in [1.165, 1.54) is 5.56 Å². The minimum Gasteiger partial charge on any atom is -0.494 e. The predicted molar refractivity (Wildman–Crippen MR) is 335 cm³/mol. The average molecular weight is 1200 g/mol. The second kappa shape index (κ2) is 34.9. The summed E-state index contributed by atoms with van der Waals surface area (Å²) < 4.78 is 38.7. The molecule has 0 atom stereocenters. The Kier molecular flexibility index (Phi) is 26.6. The molecular formula is C72H90O15. The van der Waals surface area contributed by atoms with Crippen LogP contribution in [0.4, 0.5) is 0 Å². The van der Waals surface area contributed by atoms with Crippen LogP contribution in [-0.2, 0) is 48.4 Å². The first-order valence-corrected chi connectivity index (χ1v) is 30.8. The van der Waals surface area contributed by atoms with Crippen LogP contribution in [0, 0.1) is 49.4 Å². The van der Waals surface area contributed by atoms with Crippen molar-refractivity contribution in [1.29, 1.82) is 0 Å². The first-order chi connectivity index (χ1) is 42.2. The summed E-state index contributed by atoms with van der Waals surface area (Å²) in [7, 11) is 0. The van der Waals surface area contributed by atoms with E-state index in [0.717, 1.165) is 60.1 Å². The molecule has 6 aromatic rings. The molecule has 0 aliphatic heterocycles. The van der Waals surface area contributed by atoms with Crippen LogP contribution in [-0.4, -0.2) is 52.6 Å². The molecule has 3 fully saturated rings. The highest BCUT2D eigenvalue weighted by Crippen LogP contribution is 2.35. The topological polar surface area (TPSA) is 207 Å². The number of aliphatic hydroxyl groups is 2. The first-order valence-electron chi connectivity index (χ1n) is 30.8. The Morgan fingerprint density at radius 2 is 0.621 bits per heavy atom. The number of hydrogen-bond acceptors (Lipinski definition) is 15. The Morgan fingerprint density at radius 1 is 0.356 bits per heavy atom. The lowest BCUT2D eigenvalue weighted by Gasteiger charge is -2.26. The van der Waals surface area contributed by atoms with Crippen LogP contribution >= 0.6 is 0 Å². The summed E-state index contributed by atoms with van der Waals surface area (Å²) in [5.74, 6) is 1.45. The van der Waals surface area contributed by atoms with Gasteiger partial charge in [0.25, 0.3) is 0 Å². The quantitative estimate of drug-likeness (QED) is 0.0390. The molecule has 0 spiro atoms. The molecule has 15 nitrogen and oxygen atoms in total. The van der Waals surface area contributed by atoms with Gasteiger partial charge >= 0.3 is 35.8 Å². The van der Waals surface area contributed by atoms with Crippen LogP contribution in [0.5, 0.6) is 40.2 Å². The second-order valence-electron chi connectivity index (χ2n) is 22.7. The zero-order valence-corrected chi connectivity index (χ0v) is 50.7. The Balaban J connectivity index is 0.000000286. The molecule has 0 unspecified atom stereocenters. The summed E-state index contributed by atoms with van der Waals surface area (Å²) in [5.41, 5.74) is 4.65. The summed E-state index contributed by atoms with van der Waals surface area (Å²) >= 11 is 0. The molecule has 2 N–H and O–H groups in total. The molecular weight excluding hydrogens is 1100 g/mol. The van der Waals surface area contributed by atoms with Crippen LogP contribution in [0.2, 0.25) is 0 Å². The van der Waals surface area contributed by atoms with E-state index < -0.39 is 0 Å². The largest absolute Gasteiger partial charge is 0.494 e. The number of aliphatic hydroxyl groups excluding tert-OH is 2. The molecule has 3 aliphatic rings. The zero-order chi connectivity index (χ0) is 61.9. The van der Waals surface area contributed by atoms with E-state index in [2.05, 4.69) is 13.8 Å². The maximum atomic E-state index is 12.6. The Morgan fingerprint density at radius 3 is 0.908 bits per heavy atom. The molecule has 0 amide bonds. The number of esters is 6. The van der Waals surface area contributed by atoms with Crippen molar-refractivity contribution in [1.82, 2.24) is 0 Å². The second-order valence-corrected chi connectivity index (χ2v) is 22.7. The molecule has 87 heavy (non-hydrogen) atoms. The molecule has 0 heterocycles. The molecule has 0 aromatic heterocycles. The van der Waals surface area contributed by atoms with E-state index in [0.29, 0.717) is 118 Å². The van der Waals surface area contributed by atoms with Crippen molar-refractivity contribution in [2.75, 3.05) is 6.61 Å². The van der Waals surface area contributed by atoms with E-state index in [4.69, 9.17) is 43.4 Å². The molecule has 0 radical (unpaired) electrons. The minimum absolute atomic E-state index is 0.